The molecule has 4 nitrogen and oxygen atoms in total. The van der Waals surface area contributed by atoms with Gasteiger partial charge in [0.25, 0.3) is 0 Å². The van der Waals surface area contributed by atoms with E-state index in [0.29, 0.717) is 5.91 Å². The van der Waals surface area contributed by atoms with E-state index < -0.39 is 0 Å². The molecule has 3 rings (SSSR count). The minimum Gasteiger partial charge on any atom is -0.341 e. The Morgan fingerprint density at radius 2 is 2.16 bits per heavy atom. The molecule has 138 valence electrons. The number of carbonyl (C=O) groups excluding carboxylic acids is 1. The second-order valence-electron chi connectivity index (χ2n) is 6.91. The van der Waals surface area contributed by atoms with Crippen LogP contribution in [-0.4, -0.2) is 57.9 Å². The zero-order valence-electron chi connectivity index (χ0n) is 14.9. The van der Waals surface area contributed by atoms with Crippen molar-refractivity contribution in [1.82, 2.24) is 14.8 Å². The van der Waals surface area contributed by atoms with Crippen LogP contribution in [0, 0.1) is 0 Å². The molecule has 3 heterocycles. The lowest BCUT2D eigenvalue weighted by Crippen LogP contribution is -2.35. The SMILES string of the molecule is O=C(CCCCC1CCSS1)N1CCCN(Cc2ccccn2)CC1. The van der Waals surface area contributed by atoms with Crippen molar-refractivity contribution < 1.29 is 4.79 Å². The zero-order valence-corrected chi connectivity index (χ0v) is 16.6. The Labute approximate surface area is 159 Å². The summed E-state index contributed by atoms with van der Waals surface area (Å²) < 4.78 is 0. The lowest BCUT2D eigenvalue weighted by atomic mass is 10.1. The smallest absolute Gasteiger partial charge is 0.222 e. The molecule has 0 aliphatic carbocycles. The van der Waals surface area contributed by atoms with Crippen molar-refractivity contribution in [3.63, 3.8) is 0 Å². The summed E-state index contributed by atoms with van der Waals surface area (Å²) in [5.41, 5.74) is 1.12. The van der Waals surface area contributed by atoms with Gasteiger partial charge in [-0.2, -0.15) is 0 Å². The molecule has 0 spiro atoms. The molecular weight excluding hydrogens is 350 g/mol. The lowest BCUT2D eigenvalue weighted by Gasteiger charge is -2.22. The number of aromatic nitrogens is 1. The fourth-order valence-electron chi connectivity index (χ4n) is 3.47. The minimum atomic E-state index is 0.355. The van der Waals surface area contributed by atoms with Crippen LogP contribution < -0.4 is 0 Å². The van der Waals surface area contributed by atoms with Crippen molar-refractivity contribution in [3.8, 4) is 0 Å². The Bertz CT molecular complexity index is 523. The van der Waals surface area contributed by atoms with E-state index in [9.17, 15) is 4.79 Å². The van der Waals surface area contributed by atoms with Crippen LogP contribution >= 0.6 is 21.6 Å². The van der Waals surface area contributed by atoms with Gasteiger partial charge in [-0.3, -0.25) is 14.7 Å². The molecule has 0 radical (unpaired) electrons. The first-order valence-electron chi connectivity index (χ1n) is 9.49. The highest BCUT2D eigenvalue weighted by Gasteiger charge is 2.20. The van der Waals surface area contributed by atoms with Gasteiger partial charge in [0.2, 0.25) is 5.91 Å². The van der Waals surface area contributed by atoms with E-state index in [1.807, 2.05) is 39.9 Å². The van der Waals surface area contributed by atoms with Gasteiger partial charge >= 0.3 is 0 Å². The fraction of sp³-hybridized carbons (Fsp3) is 0.684. The van der Waals surface area contributed by atoms with Gasteiger partial charge in [-0.15, -0.1) is 0 Å². The molecule has 0 N–H and O–H groups in total. The third kappa shape index (κ3) is 6.50. The molecule has 0 bridgehead atoms. The summed E-state index contributed by atoms with van der Waals surface area (Å²) in [6.07, 6.45) is 8.52. The van der Waals surface area contributed by atoms with Crippen LogP contribution in [0.2, 0.25) is 0 Å². The molecule has 2 aliphatic rings. The summed E-state index contributed by atoms with van der Waals surface area (Å²) >= 11 is 0. The Hall–Kier alpha value is -0.720. The van der Waals surface area contributed by atoms with E-state index in [1.165, 1.54) is 25.0 Å². The predicted octanol–water partition coefficient (Wildman–Crippen LogP) is 3.83. The van der Waals surface area contributed by atoms with Crippen LogP contribution in [0.5, 0.6) is 0 Å². The summed E-state index contributed by atoms with van der Waals surface area (Å²) in [6, 6.07) is 6.07. The molecule has 2 aliphatic heterocycles. The highest BCUT2D eigenvalue weighted by molar-refractivity contribution is 8.77. The standard InChI is InChI=1S/C19H29N3OS2/c23-19(8-2-1-7-18-9-15-24-25-18)22-12-5-11-21(13-14-22)16-17-6-3-4-10-20-17/h3-4,6,10,18H,1-2,5,7-9,11-16H2. The molecule has 2 fully saturated rings. The first-order valence-corrected chi connectivity index (χ1v) is 11.9. The van der Waals surface area contributed by atoms with E-state index in [-0.39, 0.29) is 0 Å². The summed E-state index contributed by atoms with van der Waals surface area (Å²) in [6.45, 7) is 4.67. The molecule has 1 aromatic heterocycles. The van der Waals surface area contributed by atoms with Crippen LogP contribution in [0.1, 0.15) is 44.2 Å². The summed E-state index contributed by atoms with van der Waals surface area (Å²) in [5, 5.41) is 0.832. The number of amides is 1. The second-order valence-corrected chi connectivity index (χ2v) is 9.69. The molecule has 0 saturated carbocycles. The molecule has 2 saturated heterocycles. The number of unbranched alkanes of at least 4 members (excludes halogenated alkanes) is 1. The van der Waals surface area contributed by atoms with Gasteiger partial charge in [-0.25, -0.2) is 0 Å². The molecule has 1 amide bonds. The van der Waals surface area contributed by atoms with Crippen molar-refractivity contribution in [1.29, 1.82) is 0 Å². The topological polar surface area (TPSA) is 36.4 Å². The quantitative estimate of drug-likeness (QED) is 0.531. The largest absolute Gasteiger partial charge is 0.341 e. The van der Waals surface area contributed by atoms with Crippen LogP contribution in [-0.2, 0) is 11.3 Å². The first-order chi connectivity index (χ1) is 12.3. The van der Waals surface area contributed by atoms with Crippen LogP contribution in [0.25, 0.3) is 0 Å². The Balaban J connectivity index is 1.34. The number of pyridine rings is 1. The maximum absolute atomic E-state index is 12.5. The first kappa shape index (κ1) is 19.1. The number of nitrogens with zero attached hydrogens (tertiary/aromatic N) is 3. The number of hydrogen-bond donors (Lipinski definition) is 0. The van der Waals surface area contributed by atoms with Gasteiger partial charge in [0.05, 0.1) is 5.69 Å². The molecule has 25 heavy (non-hydrogen) atoms. The van der Waals surface area contributed by atoms with E-state index in [4.69, 9.17) is 0 Å². The zero-order chi connectivity index (χ0) is 17.3. The highest BCUT2D eigenvalue weighted by atomic mass is 33.1. The minimum absolute atomic E-state index is 0.355. The molecule has 1 unspecified atom stereocenters. The highest BCUT2D eigenvalue weighted by Crippen LogP contribution is 2.39. The van der Waals surface area contributed by atoms with Gasteiger partial charge in [0.15, 0.2) is 0 Å². The maximum Gasteiger partial charge on any atom is 0.222 e. The van der Waals surface area contributed by atoms with Crippen molar-refractivity contribution in [2.75, 3.05) is 31.9 Å². The second kappa shape index (κ2) is 10.4. The summed E-state index contributed by atoms with van der Waals surface area (Å²) in [4.78, 5) is 21.4. The van der Waals surface area contributed by atoms with Gasteiger partial charge < -0.3 is 4.90 Å². The van der Waals surface area contributed by atoms with Crippen molar-refractivity contribution in [2.45, 2.75) is 50.3 Å². The van der Waals surface area contributed by atoms with E-state index in [1.54, 1.807) is 0 Å². The monoisotopic (exact) mass is 379 g/mol. The lowest BCUT2D eigenvalue weighted by molar-refractivity contribution is -0.131. The molecule has 0 aromatic carbocycles. The van der Waals surface area contributed by atoms with Gasteiger partial charge in [0, 0.05) is 56.3 Å². The van der Waals surface area contributed by atoms with Crippen LogP contribution in [0.15, 0.2) is 24.4 Å². The molecule has 1 atom stereocenters. The van der Waals surface area contributed by atoms with Gasteiger partial charge in [-0.1, -0.05) is 34.1 Å². The van der Waals surface area contributed by atoms with Crippen molar-refractivity contribution in [3.05, 3.63) is 30.1 Å². The van der Waals surface area contributed by atoms with Gasteiger partial charge in [0.1, 0.15) is 0 Å². The third-order valence-electron chi connectivity index (χ3n) is 4.95. The number of hydrogen-bond acceptors (Lipinski definition) is 5. The Morgan fingerprint density at radius 1 is 1.20 bits per heavy atom. The average Bonchev–Trinajstić information content (AvgIpc) is 3.05. The third-order valence-corrected chi connectivity index (χ3v) is 7.95. The van der Waals surface area contributed by atoms with E-state index in [0.717, 1.165) is 62.9 Å². The Morgan fingerprint density at radius 3 is 2.96 bits per heavy atom. The average molecular weight is 380 g/mol. The maximum atomic E-state index is 12.5. The van der Waals surface area contributed by atoms with Gasteiger partial charge in [-0.05, 0) is 37.8 Å². The molecule has 1 aromatic rings. The normalized spacial score (nSPS) is 22.1. The fourth-order valence-corrected chi connectivity index (χ4v) is 6.50. The van der Waals surface area contributed by atoms with E-state index in [2.05, 4.69) is 20.9 Å². The van der Waals surface area contributed by atoms with Crippen molar-refractivity contribution >= 4 is 27.5 Å². The van der Waals surface area contributed by atoms with Crippen molar-refractivity contribution in [2.24, 2.45) is 0 Å². The molecule has 6 heteroatoms. The van der Waals surface area contributed by atoms with Crippen LogP contribution in [0.4, 0.5) is 0 Å². The number of rotatable bonds is 7. The van der Waals surface area contributed by atoms with E-state index >= 15 is 0 Å². The summed E-state index contributed by atoms with van der Waals surface area (Å²) in [7, 11) is 4.05. The molecular formula is C19H29N3OS2. The summed E-state index contributed by atoms with van der Waals surface area (Å²) in [5.74, 6) is 1.66. The Kier molecular flexibility index (Phi) is 7.95. The van der Waals surface area contributed by atoms with Crippen LogP contribution in [0.3, 0.4) is 0 Å². The predicted molar refractivity (Wildman–Crippen MR) is 108 cm³/mol. The number of carbonyl (C=O) groups is 1.